The SMILES string of the molecule is CSc1nc(NC(=O)C(C)C)c(C#N)n1Cc1ccco1. The number of anilines is 1. The van der Waals surface area contributed by atoms with E-state index >= 15 is 0 Å². The molecule has 2 aromatic rings. The number of nitrogens with zero attached hydrogens (tertiary/aromatic N) is 3. The van der Waals surface area contributed by atoms with Crippen molar-refractivity contribution in [3.8, 4) is 6.07 Å². The highest BCUT2D eigenvalue weighted by molar-refractivity contribution is 7.98. The lowest BCUT2D eigenvalue weighted by Gasteiger charge is -2.06. The van der Waals surface area contributed by atoms with Gasteiger partial charge < -0.3 is 14.3 Å². The molecular formula is C14H16N4O2S. The largest absolute Gasteiger partial charge is 0.467 e. The van der Waals surface area contributed by atoms with E-state index in [1.165, 1.54) is 11.8 Å². The minimum Gasteiger partial charge on any atom is -0.467 e. The Morgan fingerprint density at radius 2 is 2.38 bits per heavy atom. The number of imidazole rings is 1. The molecule has 0 aliphatic rings. The summed E-state index contributed by atoms with van der Waals surface area (Å²) in [4.78, 5) is 16.1. The molecule has 6 nitrogen and oxygen atoms in total. The van der Waals surface area contributed by atoms with Gasteiger partial charge in [0.2, 0.25) is 5.91 Å². The molecule has 0 saturated heterocycles. The number of carbonyl (C=O) groups excluding carboxylic acids is 1. The maximum Gasteiger partial charge on any atom is 0.228 e. The Bertz CT molecular complexity index is 668. The van der Waals surface area contributed by atoms with Gasteiger partial charge in [-0.15, -0.1) is 0 Å². The van der Waals surface area contributed by atoms with Gasteiger partial charge in [0.15, 0.2) is 16.7 Å². The molecule has 110 valence electrons. The maximum atomic E-state index is 11.8. The summed E-state index contributed by atoms with van der Waals surface area (Å²) in [7, 11) is 0. The quantitative estimate of drug-likeness (QED) is 0.859. The van der Waals surface area contributed by atoms with Crippen molar-refractivity contribution in [3.05, 3.63) is 29.9 Å². The van der Waals surface area contributed by atoms with Gasteiger partial charge in [-0.1, -0.05) is 25.6 Å². The Kier molecular flexibility index (Phi) is 4.70. The first kappa shape index (κ1) is 15.2. The first-order valence-corrected chi connectivity index (χ1v) is 7.67. The third-order valence-electron chi connectivity index (χ3n) is 2.88. The molecule has 0 spiro atoms. The highest BCUT2D eigenvalue weighted by Crippen LogP contribution is 2.24. The van der Waals surface area contributed by atoms with Crippen LogP contribution in [-0.4, -0.2) is 21.7 Å². The summed E-state index contributed by atoms with van der Waals surface area (Å²) in [5.41, 5.74) is 0.324. The smallest absolute Gasteiger partial charge is 0.228 e. The predicted octanol–water partition coefficient (Wildman–Crippen LogP) is 2.71. The molecule has 7 heteroatoms. The van der Waals surface area contributed by atoms with Crippen LogP contribution in [0.5, 0.6) is 0 Å². The first-order valence-electron chi connectivity index (χ1n) is 6.44. The van der Waals surface area contributed by atoms with E-state index in [-0.39, 0.29) is 11.8 Å². The summed E-state index contributed by atoms with van der Waals surface area (Å²) in [6, 6.07) is 5.73. The number of hydrogen-bond acceptors (Lipinski definition) is 5. The Morgan fingerprint density at radius 3 is 2.90 bits per heavy atom. The average Bonchev–Trinajstić information content (AvgIpc) is 3.07. The number of aromatic nitrogens is 2. The van der Waals surface area contributed by atoms with E-state index in [1.807, 2.05) is 12.3 Å². The predicted molar refractivity (Wildman–Crippen MR) is 80.0 cm³/mol. The highest BCUT2D eigenvalue weighted by atomic mass is 32.2. The molecule has 0 saturated carbocycles. The second kappa shape index (κ2) is 6.50. The maximum absolute atomic E-state index is 11.8. The van der Waals surface area contributed by atoms with Crippen LogP contribution >= 0.6 is 11.8 Å². The number of amides is 1. The van der Waals surface area contributed by atoms with Crippen molar-refractivity contribution in [2.75, 3.05) is 11.6 Å². The van der Waals surface area contributed by atoms with Crippen molar-refractivity contribution in [2.45, 2.75) is 25.5 Å². The van der Waals surface area contributed by atoms with Gasteiger partial charge in [-0.25, -0.2) is 4.98 Å². The Balaban J connectivity index is 2.37. The van der Waals surface area contributed by atoms with E-state index in [1.54, 1.807) is 30.7 Å². The molecule has 2 rings (SSSR count). The number of thioether (sulfide) groups is 1. The van der Waals surface area contributed by atoms with Gasteiger partial charge in [0.05, 0.1) is 12.8 Å². The van der Waals surface area contributed by atoms with E-state index in [0.717, 1.165) is 5.76 Å². The van der Waals surface area contributed by atoms with Gasteiger partial charge in [0.1, 0.15) is 11.8 Å². The van der Waals surface area contributed by atoms with Crippen LogP contribution in [0.2, 0.25) is 0 Å². The van der Waals surface area contributed by atoms with Gasteiger partial charge in [-0.3, -0.25) is 4.79 Å². The third-order valence-corrected chi connectivity index (χ3v) is 3.56. The van der Waals surface area contributed by atoms with Crippen molar-refractivity contribution >= 4 is 23.5 Å². The molecule has 0 bridgehead atoms. The van der Waals surface area contributed by atoms with E-state index in [2.05, 4.69) is 16.4 Å². The summed E-state index contributed by atoms with van der Waals surface area (Å²) in [5, 5.41) is 12.7. The molecule has 0 aliphatic heterocycles. The molecule has 0 atom stereocenters. The fourth-order valence-corrected chi connectivity index (χ4v) is 2.31. The van der Waals surface area contributed by atoms with Crippen molar-refractivity contribution in [2.24, 2.45) is 5.92 Å². The molecule has 0 radical (unpaired) electrons. The molecule has 1 N–H and O–H groups in total. The third kappa shape index (κ3) is 3.28. The summed E-state index contributed by atoms with van der Waals surface area (Å²) in [6.07, 6.45) is 3.45. The minimum absolute atomic E-state index is 0.165. The zero-order valence-electron chi connectivity index (χ0n) is 12.1. The van der Waals surface area contributed by atoms with Gasteiger partial charge >= 0.3 is 0 Å². The van der Waals surface area contributed by atoms with Crippen LogP contribution in [0.4, 0.5) is 5.82 Å². The fraction of sp³-hybridized carbons (Fsp3) is 0.357. The van der Waals surface area contributed by atoms with Crippen molar-refractivity contribution in [1.29, 1.82) is 5.26 Å². The zero-order valence-corrected chi connectivity index (χ0v) is 12.9. The lowest BCUT2D eigenvalue weighted by Crippen LogP contribution is -2.18. The number of nitrogens with one attached hydrogen (secondary N) is 1. The van der Waals surface area contributed by atoms with Crippen LogP contribution in [0, 0.1) is 17.2 Å². The van der Waals surface area contributed by atoms with Crippen LogP contribution in [0.25, 0.3) is 0 Å². The second-order valence-electron chi connectivity index (χ2n) is 4.72. The molecular weight excluding hydrogens is 288 g/mol. The van der Waals surface area contributed by atoms with E-state index in [4.69, 9.17) is 4.42 Å². The number of hydrogen-bond donors (Lipinski definition) is 1. The van der Waals surface area contributed by atoms with Crippen molar-refractivity contribution < 1.29 is 9.21 Å². The van der Waals surface area contributed by atoms with Crippen LogP contribution < -0.4 is 5.32 Å². The molecule has 21 heavy (non-hydrogen) atoms. The Hall–Kier alpha value is -2.20. The summed E-state index contributed by atoms with van der Waals surface area (Å²) < 4.78 is 7.05. The van der Waals surface area contributed by atoms with Crippen LogP contribution in [0.3, 0.4) is 0 Å². The molecule has 0 unspecified atom stereocenters. The first-order chi connectivity index (χ1) is 10.1. The van der Waals surface area contributed by atoms with E-state index in [9.17, 15) is 10.1 Å². The lowest BCUT2D eigenvalue weighted by molar-refractivity contribution is -0.118. The van der Waals surface area contributed by atoms with Gasteiger partial charge in [0.25, 0.3) is 0 Å². The topological polar surface area (TPSA) is 83.9 Å². The van der Waals surface area contributed by atoms with Gasteiger partial charge in [0, 0.05) is 5.92 Å². The van der Waals surface area contributed by atoms with Gasteiger partial charge in [-0.2, -0.15) is 5.26 Å². The number of carbonyl (C=O) groups is 1. The molecule has 0 fully saturated rings. The monoisotopic (exact) mass is 304 g/mol. The van der Waals surface area contributed by atoms with Crippen LogP contribution in [0.1, 0.15) is 25.3 Å². The van der Waals surface area contributed by atoms with Crippen molar-refractivity contribution in [1.82, 2.24) is 9.55 Å². The zero-order chi connectivity index (χ0) is 15.4. The number of furan rings is 1. The molecule has 0 aliphatic carbocycles. The average molecular weight is 304 g/mol. The number of nitriles is 1. The summed E-state index contributed by atoms with van der Waals surface area (Å²) in [6.45, 7) is 3.98. The minimum atomic E-state index is -0.176. The summed E-state index contributed by atoms with van der Waals surface area (Å²) >= 11 is 1.41. The fourth-order valence-electron chi connectivity index (χ4n) is 1.75. The van der Waals surface area contributed by atoms with Crippen LogP contribution in [0.15, 0.2) is 28.0 Å². The summed E-state index contributed by atoms with van der Waals surface area (Å²) in [5.74, 6) is 0.680. The molecule has 1 amide bonds. The Morgan fingerprint density at radius 1 is 1.62 bits per heavy atom. The normalized spacial score (nSPS) is 10.6. The number of rotatable bonds is 5. The van der Waals surface area contributed by atoms with E-state index < -0.39 is 0 Å². The standard InChI is InChI=1S/C14H16N4O2S/c1-9(2)13(19)16-12-11(7-15)18(14(17-12)21-3)8-10-5-4-6-20-10/h4-6,9H,8H2,1-3H3,(H,16,19). The molecule has 0 aromatic carbocycles. The Labute approximate surface area is 127 Å². The van der Waals surface area contributed by atoms with Crippen LogP contribution in [-0.2, 0) is 11.3 Å². The van der Waals surface area contributed by atoms with Gasteiger partial charge in [-0.05, 0) is 18.4 Å². The molecule has 2 heterocycles. The van der Waals surface area contributed by atoms with E-state index in [0.29, 0.717) is 23.2 Å². The lowest BCUT2D eigenvalue weighted by atomic mass is 10.2. The molecule has 2 aromatic heterocycles. The highest BCUT2D eigenvalue weighted by Gasteiger charge is 2.20. The second-order valence-corrected chi connectivity index (χ2v) is 5.49. The van der Waals surface area contributed by atoms with Crippen molar-refractivity contribution in [3.63, 3.8) is 0 Å².